The third-order valence-electron chi connectivity index (χ3n) is 2.11. The van der Waals surface area contributed by atoms with Crippen LogP contribution in [-0.4, -0.2) is 6.54 Å². The molecule has 0 fully saturated rings. The van der Waals surface area contributed by atoms with Crippen molar-refractivity contribution in [3.63, 3.8) is 0 Å². The molecule has 0 aliphatic heterocycles. The molecule has 0 aliphatic rings. The molecule has 0 atom stereocenters. The van der Waals surface area contributed by atoms with E-state index in [1.165, 1.54) is 5.56 Å². The molecular formula is C12H15ClN2. The Kier molecular flexibility index (Phi) is 5.84. The van der Waals surface area contributed by atoms with Gasteiger partial charge in [-0.3, -0.25) is 0 Å². The Bertz CT molecular complexity index is 331. The molecule has 1 aromatic rings. The summed E-state index contributed by atoms with van der Waals surface area (Å²) in [6, 6.07) is 9.98. The van der Waals surface area contributed by atoms with E-state index in [1.54, 1.807) is 0 Å². The highest BCUT2D eigenvalue weighted by molar-refractivity contribution is 6.30. The summed E-state index contributed by atoms with van der Waals surface area (Å²) in [7, 11) is 0. The molecule has 0 saturated carbocycles. The number of hydrogen-bond acceptors (Lipinski definition) is 2. The van der Waals surface area contributed by atoms with Crippen molar-refractivity contribution >= 4 is 11.6 Å². The first-order chi connectivity index (χ1) is 7.33. The van der Waals surface area contributed by atoms with Crippen LogP contribution in [0.1, 0.15) is 24.8 Å². The molecular weight excluding hydrogens is 208 g/mol. The van der Waals surface area contributed by atoms with Crippen LogP contribution in [0.4, 0.5) is 0 Å². The lowest BCUT2D eigenvalue weighted by Crippen LogP contribution is -2.14. The molecule has 0 aliphatic carbocycles. The molecule has 3 heteroatoms. The lowest BCUT2D eigenvalue weighted by atomic mass is 10.2. The van der Waals surface area contributed by atoms with Crippen molar-refractivity contribution in [3.8, 4) is 6.07 Å². The predicted octanol–water partition coefficient (Wildman–Crippen LogP) is 3.12. The Morgan fingerprint density at radius 3 is 2.93 bits per heavy atom. The summed E-state index contributed by atoms with van der Waals surface area (Å²) >= 11 is 5.86. The van der Waals surface area contributed by atoms with Gasteiger partial charge in [0.25, 0.3) is 0 Å². The van der Waals surface area contributed by atoms with E-state index in [0.717, 1.165) is 31.0 Å². The molecule has 0 saturated heterocycles. The molecule has 0 amide bonds. The van der Waals surface area contributed by atoms with E-state index in [-0.39, 0.29) is 0 Å². The van der Waals surface area contributed by atoms with Crippen molar-refractivity contribution in [1.29, 1.82) is 5.26 Å². The third kappa shape index (κ3) is 5.41. The van der Waals surface area contributed by atoms with E-state index in [4.69, 9.17) is 16.9 Å². The maximum absolute atomic E-state index is 8.35. The molecule has 0 radical (unpaired) electrons. The Morgan fingerprint density at radius 2 is 2.20 bits per heavy atom. The first-order valence-corrected chi connectivity index (χ1v) is 5.53. The molecule has 0 unspecified atom stereocenters. The number of hydrogen-bond donors (Lipinski definition) is 1. The van der Waals surface area contributed by atoms with Crippen LogP contribution >= 0.6 is 11.6 Å². The molecule has 0 spiro atoms. The average molecular weight is 223 g/mol. The maximum Gasteiger partial charge on any atom is 0.0621 e. The van der Waals surface area contributed by atoms with Gasteiger partial charge in [0.15, 0.2) is 0 Å². The zero-order valence-electron chi connectivity index (χ0n) is 8.67. The first kappa shape index (κ1) is 12.0. The van der Waals surface area contributed by atoms with Crippen LogP contribution in [0.2, 0.25) is 5.02 Å². The number of halogens is 1. The molecule has 2 nitrogen and oxygen atoms in total. The van der Waals surface area contributed by atoms with Gasteiger partial charge in [0.1, 0.15) is 0 Å². The predicted molar refractivity (Wildman–Crippen MR) is 62.6 cm³/mol. The van der Waals surface area contributed by atoms with Crippen LogP contribution in [0.3, 0.4) is 0 Å². The summed E-state index contributed by atoms with van der Waals surface area (Å²) in [5.74, 6) is 0. The summed E-state index contributed by atoms with van der Waals surface area (Å²) in [5, 5.41) is 12.4. The second-order valence-corrected chi connectivity index (χ2v) is 3.86. The van der Waals surface area contributed by atoms with Crippen LogP contribution in [0.5, 0.6) is 0 Å². The minimum absolute atomic E-state index is 0.652. The summed E-state index contributed by atoms with van der Waals surface area (Å²) in [6.45, 7) is 1.79. The van der Waals surface area contributed by atoms with Gasteiger partial charge < -0.3 is 5.32 Å². The van der Waals surface area contributed by atoms with Gasteiger partial charge in [0.05, 0.1) is 6.07 Å². The van der Waals surface area contributed by atoms with Crippen molar-refractivity contribution in [2.24, 2.45) is 0 Å². The van der Waals surface area contributed by atoms with Gasteiger partial charge in [0.2, 0.25) is 0 Å². The fourth-order valence-corrected chi connectivity index (χ4v) is 1.55. The van der Waals surface area contributed by atoms with Crippen LogP contribution in [-0.2, 0) is 6.54 Å². The maximum atomic E-state index is 8.35. The number of nitrogens with one attached hydrogen (secondary N) is 1. The average Bonchev–Trinajstić information content (AvgIpc) is 2.23. The van der Waals surface area contributed by atoms with Crippen LogP contribution < -0.4 is 5.32 Å². The Labute approximate surface area is 95.9 Å². The molecule has 0 heterocycles. The lowest BCUT2D eigenvalue weighted by Gasteiger charge is -2.04. The van der Waals surface area contributed by atoms with Crippen LogP contribution in [0.15, 0.2) is 24.3 Å². The second kappa shape index (κ2) is 7.28. The topological polar surface area (TPSA) is 35.8 Å². The van der Waals surface area contributed by atoms with Crippen molar-refractivity contribution < 1.29 is 0 Å². The zero-order valence-corrected chi connectivity index (χ0v) is 9.43. The molecule has 80 valence electrons. The van der Waals surface area contributed by atoms with Crippen molar-refractivity contribution in [1.82, 2.24) is 5.32 Å². The summed E-state index contributed by atoms with van der Waals surface area (Å²) < 4.78 is 0. The Balaban J connectivity index is 2.13. The Hall–Kier alpha value is -1.04. The van der Waals surface area contributed by atoms with Crippen LogP contribution in [0, 0.1) is 11.3 Å². The van der Waals surface area contributed by atoms with E-state index in [9.17, 15) is 0 Å². The smallest absolute Gasteiger partial charge is 0.0621 e. The molecule has 1 aromatic carbocycles. The van der Waals surface area contributed by atoms with Gasteiger partial charge in [0, 0.05) is 18.0 Å². The summed E-state index contributed by atoms with van der Waals surface area (Å²) in [5.41, 5.74) is 1.20. The largest absolute Gasteiger partial charge is 0.313 e. The van der Waals surface area contributed by atoms with Gasteiger partial charge in [-0.15, -0.1) is 0 Å². The quantitative estimate of drug-likeness (QED) is 0.751. The zero-order chi connectivity index (χ0) is 10.9. The fraction of sp³-hybridized carbons (Fsp3) is 0.417. The van der Waals surface area contributed by atoms with E-state index < -0.39 is 0 Å². The lowest BCUT2D eigenvalue weighted by molar-refractivity contribution is 0.629. The minimum atomic E-state index is 0.652. The molecule has 1 N–H and O–H groups in total. The van der Waals surface area contributed by atoms with Gasteiger partial charge in [-0.1, -0.05) is 23.7 Å². The number of rotatable bonds is 6. The van der Waals surface area contributed by atoms with Crippen molar-refractivity contribution in [2.45, 2.75) is 25.8 Å². The van der Waals surface area contributed by atoms with Gasteiger partial charge in [-0.25, -0.2) is 0 Å². The monoisotopic (exact) mass is 222 g/mol. The summed E-state index contributed by atoms with van der Waals surface area (Å²) in [4.78, 5) is 0. The number of nitriles is 1. The fourth-order valence-electron chi connectivity index (χ4n) is 1.33. The van der Waals surface area contributed by atoms with Gasteiger partial charge in [-0.05, 0) is 37.1 Å². The third-order valence-corrected chi connectivity index (χ3v) is 2.35. The van der Waals surface area contributed by atoms with Gasteiger partial charge >= 0.3 is 0 Å². The highest BCUT2D eigenvalue weighted by atomic mass is 35.5. The highest BCUT2D eigenvalue weighted by Crippen LogP contribution is 2.10. The number of nitrogens with zero attached hydrogens (tertiary/aromatic N) is 1. The number of unbranched alkanes of at least 4 members (excludes halogenated alkanes) is 2. The molecule has 0 bridgehead atoms. The normalized spacial score (nSPS) is 9.87. The van der Waals surface area contributed by atoms with Crippen LogP contribution in [0.25, 0.3) is 0 Å². The second-order valence-electron chi connectivity index (χ2n) is 3.42. The van der Waals surface area contributed by atoms with E-state index >= 15 is 0 Å². The Morgan fingerprint density at radius 1 is 1.33 bits per heavy atom. The summed E-state index contributed by atoms with van der Waals surface area (Å²) in [6.07, 6.45) is 2.67. The van der Waals surface area contributed by atoms with E-state index in [2.05, 4.69) is 11.4 Å². The van der Waals surface area contributed by atoms with Crippen molar-refractivity contribution in [2.75, 3.05) is 6.54 Å². The number of benzene rings is 1. The molecule has 15 heavy (non-hydrogen) atoms. The molecule has 1 rings (SSSR count). The molecule has 0 aromatic heterocycles. The first-order valence-electron chi connectivity index (χ1n) is 5.15. The highest BCUT2D eigenvalue weighted by Gasteiger charge is 1.93. The van der Waals surface area contributed by atoms with Crippen molar-refractivity contribution in [3.05, 3.63) is 34.9 Å². The standard InChI is InChI=1S/C12H15ClN2/c13-12-6-4-5-11(9-12)10-15-8-3-1-2-7-14/h4-6,9,15H,1-3,8,10H2. The van der Waals surface area contributed by atoms with E-state index in [1.807, 2.05) is 24.3 Å². The SMILES string of the molecule is N#CCCCCNCc1cccc(Cl)c1. The van der Waals surface area contributed by atoms with Gasteiger partial charge in [-0.2, -0.15) is 5.26 Å². The minimum Gasteiger partial charge on any atom is -0.313 e. The van der Waals surface area contributed by atoms with E-state index in [0.29, 0.717) is 6.42 Å².